The standard InChI is InChI=1S/C18H18ClNO6S/c1-2-26-18(23)12-7-9-13(10-8-12)27(24,25)20-16(11-17(21)22)14-5-3-4-6-15(14)19/h3-10,16,20H,2,11H2,1H3,(H,21,22)/t16-/m0/s1. The lowest BCUT2D eigenvalue weighted by Crippen LogP contribution is -2.30. The Labute approximate surface area is 162 Å². The number of carboxylic acid groups (broad SMARTS) is 1. The van der Waals surface area contributed by atoms with Crippen molar-refractivity contribution in [3.63, 3.8) is 0 Å². The Bertz CT molecular complexity index is 927. The third-order valence-electron chi connectivity index (χ3n) is 3.63. The van der Waals surface area contributed by atoms with Crippen LogP contribution in [0, 0.1) is 0 Å². The molecule has 9 heteroatoms. The van der Waals surface area contributed by atoms with Crippen LogP contribution in [-0.4, -0.2) is 32.1 Å². The zero-order valence-electron chi connectivity index (χ0n) is 14.4. The van der Waals surface area contributed by atoms with Crippen molar-refractivity contribution in [3.8, 4) is 0 Å². The third kappa shape index (κ3) is 5.53. The maximum atomic E-state index is 12.7. The first-order chi connectivity index (χ1) is 12.7. The lowest BCUT2D eigenvalue weighted by atomic mass is 10.1. The van der Waals surface area contributed by atoms with Crippen molar-refractivity contribution < 1.29 is 27.9 Å². The molecule has 144 valence electrons. The predicted molar refractivity (Wildman–Crippen MR) is 99.2 cm³/mol. The fourth-order valence-corrected chi connectivity index (χ4v) is 3.87. The van der Waals surface area contributed by atoms with Crippen molar-refractivity contribution in [2.24, 2.45) is 0 Å². The van der Waals surface area contributed by atoms with Gasteiger partial charge in [-0.25, -0.2) is 17.9 Å². The molecule has 0 aliphatic heterocycles. The van der Waals surface area contributed by atoms with Gasteiger partial charge in [-0.1, -0.05) is 29.8 Å². The summed E-state index contributed by atoms with van der Waals surface area (Å²) in [6, 6.07) is 10.5. The molecule has 0 saturated carbocycles. The summed E-state index contributed by atoms with van der Waals surface area (Å²) in [5.41, 5.74) is 0.567. The number of carboxylic acids is 1. The van der Waals surface area contributed by atoms with Gasteiger partial charge in [0.25, 0.3) is 0 Å². The molecular formula is C18H18ClNO6S. The van der Waals surface area contributed by atoms with E-state index in [1.807, 2.05) is 0 Å². The van der Waals surface area contributed by atoms with Gasteiger partial charge < -0.3 is 9.84 Å². The molecule has 7 nitrogen and oxygen atoms in total. The highest BCUT2D eigenvalue weighted by molar-refractivity contribution is 7.89. The minimum atomic E-state index is -4.05. The number of benzene rings is 2. The molecule has 0 bridgehead atoms. The maximum absolute atomic E-state index is 12.7. The number of rotatable bonds is 8. The van der Waals surface area contributed by atoms with E-state index in [9.17, 15) is 18.0 Å². The van der Waals surface area contributed by atoms with Gasteiger partial charge in [-0.2, -0.15) is 0 Å². The SMILES string of the molecule is CCOC(=O)c1ccc(S(=O)(=O)N[C@@H](CC(=O)O)c2ccccc2Cl)cc1. The zero-order chi connectivity index (χ0) is 20.0. The number of carbonyl (C=O) groups is 2. The van der Waals surface area contributed by atoms with E-state index in [1.54, 1.807) is 31.2 Å². The van der Waals surface area contributed by atoms with E-state index in [-0.39, 0.29) is 22.1 Å². The Hall–Kier alpha value is -2.42. The molecule has 2 aromatic carbocycles. The van der Waals surface area contributed by atoms with Crippen LogP contribution in [0.25, 0.3) is 0 Å². The van der Waals surface area contributed by atoms with Crippen molar-refractivity contribution >= 4 is 33.6 Å². The Morgan fingerprint density at radius 1 is 1.15 bits per heavy atom. The van der Waals surface area contributed by atoms with Gasteiger partial charge in [-0.15, -0.1) is 0 Å². The highest BCUT2D eigenvalue weighted by atomic mass is 35.5. The number of halogens is 1. The van der Waals surface area contributed by atoms with E-state index in [0.717, 1.165) is 0 Å². The summed E-state index contributed by atoms with van der Waals surface area (Å²) in [7, 11) is -4.05. The van der Waals surface area contributed by atoms with E-state index in [2.05, 4.69) is 4.72 Å². The first-order valence-electron chi connectivity index (χ1n) is 8.00. The number of ether oxygens (including phenoxy) is 1. The Morgan fingerprint density at radius 3 is 2.33 bits per heavy atom. The summed E-state index contributed by atoms with van der Waals surface area (Å²) < 4.78 is 32.5. The molecule has 0 aliphatic rings. The van der Waals surface area contributed by atoms with Gasteiger partial charge in [-0.3, -0.25) is 4.79 Å². The molecule has 2 N–H and O–H groups in total. The number of hydrogen-bond acceptors (Lipinski definition) is 5. The monoisotopic (exact) mass is 411 g/mol. The predicted octanol–water partition coefficient (Wildman–Crippen LogP) is 3.01. The molecule has 0 spiro atoms. The Morgan fingerprint density at radius 2 is 1.78 bits per heavy atom. The van der Waals surface area contributed by atoms with Crippen LogP contribution in [0.3, 0.4) is 0 Å². The summed E-state index contributed by atoms with van der Waals surface area (Å²) in [4.78, 5) is 22.7. The van der Waals surface area contributed by atoms with Crippen LogP contribution < -0.4 is 4.72 Å². The molecule has 0 fully saturated rings. The molecular weight excluding hydrogens is 394 g/mol. The average Bonchev–Trinajstić information content (AvgIpc) is 2.61. The highest BCUT2D eigenvalue weighted by Crippen LogP contribution is 2.27. The van der Waals surface area contributed by atoms with Crippen molar-refractivity contribution in [3.05, 3.63) is 64.7 Å². The average molecular weight is 412 g/mol. The van der Waals surface area contributed by atoms with E-state index in [1.165, 1.54) is 24.3 Å². The first kappa shape index (κ1) is 20.9. The van der Waals surface area contributed by atoms with Gasteiger partial charge in [0.15, 0.2) is 0 Å². The molecule has 0 saturated heterocycles. The second-order valence-electron chi connectivity index (χ2n) is 5.54. The van der Waals surface area contributed by atoms with Crippen LogP contribution in [0.15, 0.2) is 53.4 Å². The van der Waals surface area contributed by atoms with Crippen LogP contribution >= 0.6 is 11.6 Å². The van der Waals surface area contributed by atoms with Gasteiger partial charge in [0, 0.05) is 5.02 Å². The minimum absolute atomic E-state index is 0.113. The summed E-state index contributed by atoms with van der Waals surface area (Å²) >= 11 is 6.08. The van der Waals surface area contributed by atoms with Crippen LogP contribution in [0.5, 0.6) is 0 Å². The largest absolute Gasteiger partial charge is 0.481 e. The normalized spacial score (nSPS) is 12.4. The number of aliphatic carboxylic acids is 1. The van der Waals surface area contributed by atoms with Crippen LogP contribution in [0.2, 0.25) is 5.02 Å². The summed E-state index contributed by atoms with van der Waals surface area (Å²) in [6.45, 7) is 1.87. The van der Waals surface area contributed by atoms with Crippen molar-refractivity contribution in [2.75, 3.05) is 6.61 Å². The molecule has 0 aromatic heterocycles. The van der Waals surface area contributed by atoms with E-state index >= 15 is 0 Å². The van der Waals surface area contributed by atoms with Crippen LogP contribution in [0.4, 0.5) is 0 Å². The molecule has 0 amide bonds. The fraction of sp³-hybridized carbons (Fsp3) is 0.222. The third-order valence-corrected chi connectivity index (χ3v) is 5.46. The summed E-state index contributed by atoms with van der Waals surface area (Å²) in [5.74, 6) is -1.74. The maximum Gasteiger partial charge on any atom is 0.338 e. The van der Waals surface area contributed by atoms with Gasteiger partial charge in [0.05, 0.1) is 29.5 Å². The van der Waals surface area contributed by atoms with Crippen LogP contribution in [0.1, 0.15) is 35.3 Å². The molecule has 0 heterocycles. The topological polar surface area (TPSA) is 110 Å². The lowest BCUT2D eigenvalue weighted by molar-refractivity contribution is -0.137. The van der Waals surface area contributed by atoms with Crippen molar-refractivity contribution in [2.45, 2.75) is 24.3 Å². The quantitative estimate of drug-likeness (QED) is 0.646. The number of esters is 1. The Balaban J connectivity index is 2.29. The van der Waals surface area contributed by atoms with E-state index < -0.39 is 34.4 Å². The minimum Gasteiger partial charge on any atom is -0.481 e. The number of sulfonamides is 1. The second-order valence-corrected chi connectivity index (χ2v) is 7.66. The van der Waals surface area contributed by atoms with E-state index in [4.69, 9.17) is 21.4 Å². The van der Waals surface area contributed by atoms with E-state index in [0.29, 0.717) is 5.56 Å². The van der Waals surface area contributed by atoms with Crippen LogP contribution in [-0.2, 0) is 19.6 Å². The molecule has 0 radical (unpaired) electrons. The Kier molecular flexibility index (Phi) is 6.95. The zero-order valence-corrected chi connectivity index (χ0v) is 16.0. The molecule has 27 heavy (non-hydrogen) atoms. The number of carbonyl (C=O) groups excluding carboxylic acids is 1. The number of hydrogen-bond donors (Lipinski definition) is 2. The molecule has 0 unspecified atom stereocenters. The molecule has 2 rings (SSSR count). The van der Waals surface area contributed by atoms with Gasteiger partial charge in [0.2, 0.25) is 10.0 Å². The van der Waals surface area contributed by atoms with Crippen molar-refractivity contribution in [1.82, 2.24) is 4.72 Å². The number of nitrogens with one attached hydrogen (secondary N) is 1. The second kappa shape index (κ2) is 8.98. The van der Waals surface area contributed by atoms with Gasteiger partial charge >= 0.3 is 11.9 Å². The smallest absolute Gasteiger partial charge is 0.338 e. The molecule has 1 atom stereocenters. The van der Waals surface area contributed by atoms with Gasteiger partial charge in [-0.05, 0) is 42.8 Å². The summed E-state index contributed by atoms with van der Waals surface area (Å²) in [5, 5.41) is 9.38. The highest BCUT2D eigenvalue weighted by Gasteiger charge is 2.25. The summed E-state index contributed by atoms with van der Waals surface area (Å²) in [6.07, 6.45) is -0.482. The van der Waals surface area contributed by atoms with Gasteiger partial charge in [0.1, 0.15) is 0 Å². The first-order valence-corrected chi connectivity index (χ1v) is 9.86. The lowest BCUT2D eigenvalue weighted by Gasteiger charge is -2.19. The van der Waals surface area contributed by atoms with Crippen molar-refractivity contribution in [1.29, 1.82) is 0 Å². The molecule has 2 aromatic rings. The molecule has 0 aliphatic carbocycles. The fourth-order valence-electron chi connectivity index (χ4n) is 2.39.